The quantitative estimate of drug-likeness (QED) is 0.743. The smallest absolute Gasteiger partial charge is 0.223 e. The molecule has 1 N–H and O–H groups in total. The fraction of sp³-hybridized carbons (Fsp3) is 0. The Hall–Kier alpha value is -2.53. The van der Waals surface area contributed by atoms with Crippen molar-refractivity contribution in [1.82, 2.24) is 10.2 Å². The predicted octanol–water partition coefficient (Wildman–Crippen LogP) is 3.51. The molecule has 0 bridgehead atoms. The van der Waals surface area contributed by atoms with Crippen LogP contribution in [0.1, 0.15) is 15.4 Å². The lowest BCUT2D eigenvalue weighted by atomic mass is 10.1. The van der Waals surface area contributed by atoms with Crippen molar-refractivity contribution in [3.63, 3.8) is 0 Å². The monoisotopic (exact) mass is 281 g/mol. The molecule has 98 valence electrons. The zero-order valence-corrected chi connectivity index (χ0v) is 11.3. The van der Waals surface area contributed by atoms with Crippen molar-refractivity contribution in [3.05, 3.63) is 71.2 Å². The molecule has 3 aromatic rings. The van der Waals surface area contributed by atoms with Crippen LogP contribution in [0.5, 0.6) is 0 Å². The van der Waals surface area contributed by atoms with Gasteiger partial charge >= 0.3 is 0 Å². The minimum atomic E-state index is -0.107. The molecule has 0 saturated heterocycles. The highest BCUT2D eigenvalue weighted by Crippen LogP contribution is 2.22. The Morgan fingerprint density at radius 3 is 2.25 bits per heavy atom. The summed E-state index contributed by atoms with van der Waals surface area (Å²) in [6, 6.07) is 18.7. The van der Waals surface area contributed by atoms with Gasteiger partial charge in [0.1, 0.15) is 0 Å². The van der Waals surface area contributed by atoms with Gasteiger partial charge in [0.15, 0.2) is 5.01 Å². The lowest BCUT2D eigenvalue weighted by molar-refractivity contribution is 0.103. The van der Waals surface area contributed by atoms with Gasteiger partial charge in [-0.3, -0.25) is 4.79 Å². The van der Waals surface area contributed by atoms with E-state index in [4.69, 9.17) is 0 Å². The van der Waals surface area contributed by atoms with E-state index in [9.17, 15) is 4.79 Å². The van der Waals surface area contributed by atoms with E-state index in [0.29, 0.717) is 15.7 Å². The second-order valence-electron chi connectivity index (χ2n) is 4.10. The fourth-order valence-corrected chi connectivity index (χ4v) is 2.45. The standard InChI is InChI=1S/C15H11N3OS/c19-13(11-7-3-1-4-8-11)14-17-18-15(20-14)16-12-9-5-2-6-10-12/h1-10H,(H,16,18). The number of benzene rings is 2. The molecular weight excluding hydrogens is 270 g/mol. The fourth-order valence-electron chi connectivity index (χ4n) is 1.72. The van der Waals surface area contributed by atoms with Gasteiger partial charge in [0, 0.05) is 11.3 Å². The molecule has 1 aromatic heterocycles. The number of rotatable bonds is 4. The highest BCUT2D eigenvalue weighted by atomic mass is 32.1. The van der Waals surface area contributed by atoms with Crippen molar-refractivity contribution in [1.29, 1.82) is 0 Å². The van der Waals surface area contributed by atoms with E-state index < -0.39 is 0 Å². The van der Waals surface area contributed by atoms with Gasteiger partial charge in [-0.05, 0) is 12.1 Å². The molecular formula is C15H11N3OS. The van der Waals surface area contributed by atoms with Crippen molar-refractivity contribution in [3.8, 4) is 0 Å². The minimum Gasteiger partial charge on any atom is -0.330 e. The highest BCUT2D eigenvalue weighted by Gasteiger charge is 2.14. The van der Waals surface area contributed by atoms with Gasteiger partial charge in [-0.2, -0.15) is 0 Å². The summed E-state index contributed by atoms with van der Waals surface area (Å²) in [5.41, 5.74) is 1.54. The molecule has 0 aliphatic carbocycles. The van der Waals surface area contributed by atoms with Crippen molar-refractivity contribution in [2.75, 3.05) is 5.32 Å². The largest absolute Gasteiger partial charge is 0.330 e. The van der Waals surface area contributed by atoms with E-state index in [2.05, 4.69) is 15.5 Å². The maximum atomic E-state index is 12.2. The molecule has 0 amide bonds. The Balaban J connectivity index is 1.79. The number of carbonyl (C=O) groups is 1. The Labute approximate surface area is 120 Å². The molecule has 5 heteroatoms. The molecule has 0 spiro atoms. The highest BCUT2D eigenvalue weighted by molar-refractivity contribution is 7.17. The van der Waals surface area contributed by atoms with Gasteiger partial charge < -0.3 is 5.32 Å². The number of para-hydroxylation sites is 1. The third-order valence-corrected chi connectivity index (χ3v) is 3.52. The van der Waals surface area contributed by atoms with Crippen LogP contribution in [-0.4, -0.2) is 16.0 Å². The van der Waals surface area contributed by atoms with Crippen LogP contribution in [0.4, 0.5) is 10.8 Å². The number of ketones is 1. The first kappa shape index (κ1) is 12.5. The van der Waals surface area contributed by atoms with Gasteiger partial charge in [-0.15, -0.1) is 10.2 Å². The number of nitrogens with zero attached hydrogens (tertiary/aromatic N) is 2. The lowest BCUT2D eigenvalue weighted by Gasteiger charge is -1.99. The molecule has 0 aliphatic heterocycles. The summed E-state index contributed by atoms with van der Waals surface area (Å²) >= 11 is 1.25. The zero-order chi connectivity index (χ0) is 13.8. The van der Waals surface area contributed by atoms with Crippen LogP contribution < -0.4 is 5.32 Å². The molecule has 0 saturated carbocycles. The summed E-state index contributed by atoms with van der Waals surface area (Å²) < 4.78 is 0. The Bertz CT molecular complexity index is 710. The van der Waals surface area contributed by atoms with Crippen molar-refractivity contribution in [2.45, 2.75) is 0 Å². The topological polar surface area (TPSA) is 54.9 Å². The van der Waals surface area contributed by atoms with Crippen LogP contribution in [-0.2, 0) is 0 Å². The average Bonchev–Trinajstić information content (AvgIpc) is 2.97. The van der Waals surface area contributed by atoms with Gasteiger partial charge in [0.25, 0.3) is 0 Å². The molecule has 0 unspecified atom stereocenters. The Kier molecular flexibility index (Phi) is 3.52. The predicted molar refractivity (Wildman–Crippen MR) is 79.5 cm³/mol. The van der Waals surface area contributed by atoms with Crippen molar-refractivity contribution in [2.24, 2.45) is 0 Å². The number of carbonyl (C=O) groups excluding carboxylic acids is 1. The second kappa shape index (κ2) is 5.63. The molecule has 0 fully saturated rings. The van der Waals surface area contributed by atoms with E-state index in [-0.39, 0.29) is 5.78 Å². The SMILES string of the molecule is O=C(c1ccccc1)c1nnc(Nc2ccccc2)s1. The number of hydrogen-bond donors (Lipinski definition) is 1. The third-order valence-electron chi connectivity index (χ3n) is 2.68. The number of aromatic nitrogens is 2. The van der Waals surface area contributed by atoms with Gasteiger partial charge in [0.2, 0.25) is 10.9 Å². The maximum Gasteiger partial charge on any atom is 0.223 e. The van der Waals surface area contributed by atoms with Crippen LogP contribution >= 0.6 is 11.3 Å². The van der Waals surface area contributed by atoms with Gasteiger partial charge in [-0.1, -0.05) is 59.9 Å². The molecule has 2 aromatic carbocycles. The van der Waals surface area contributed by atoms with Crippen LogP contribution in [0, 0.1) is 0 Å². The molecule has 0 aliphatic rings. The van der Waals surface area contributed by atoms with E-state index in [1.165, 1.54) is 11.3 Å². The minimum absolute atomic E-state index is 0.107. The van der Waals surface area contributed by atoms with E-state index in [0.717, 1.165) is 5.69 Å². The van der Waals surface area contributed by atoms with E-state index >= 15 is 0 Å². The summed E-state index contributed by atoms with van der Waals surface area (Å²) in [5, 5.41) is 12.1. The molecule has 20 heavy (non-hydrogen) atoms. The van der Waals surface area contributed by atoms with Crippen LogP contribution in [0.2, 0.25) is 0 Å². The molecule has 3 rings (SSSR count). The normalized spacial score (nSPS) is 10.2. The summed E-state index contributed by atoms with van der Waals surface area (Å²) in [7, 11) is 0. The third kappa shape index (κ3) is 2.73. The van der Waals surface area contributed by atoms with E-state index in [1.54, 1.807) is 12.1 Å². The number of nitrogens with one attached hydrogen (secondary N) is 1. The number of anilines is 2. The first-order chi connectivity index (χ1) is 9.83. The first-order valence-corrected chi connectivity index (χ1v) is 6.90. The molecule has 1 heterocycles. The van der Waals surface area contributed by atoms with Crippen LogP contribution in [0.3, 0.4) is 0 Å². The summed E-state index contributed by atoms with van der Waals surface area (Å²) in [4.78, 5) is 12.2. The summed E-state index contributed by atoms with van der Waals surface area (Å²) in [6.45, 7) is 0. The molecule has 4 nitrogen and oxygen atoms in total. The van der Waals surface area contributed by atoms with Gasteiger partial charge in [-0.25, -0.2) is 0 Å². The second-order valence-corrected chi connectivity index (χ2v) is 5.08. The number of hydrogen-bond acceptors (Lipinski definition) is 5. The summed E-state index contributed by atoms with van der Waals surface area (Å²) in [5.74, 6) is -0.107. The van der Waals surface area contributed by atoms with Crippen LogP contribution in [0.15, 0.2) is 60.7 Å². The molecule has 0 radical (unpaired) electrons. The van der Waals surface area contributed by atoms with Crippen LogP contribution in [0.25, 0.3) is 0 Å². The Morgan fingerprint density at radius 1 is 0.900 bits per heavy atom. The first-order valence-electron chi connectivity index (χ1n) is 6.08. The summed E-state index contributed by atoms with van der Waals surface area (Å²) in [6.07, 6.45) is 0. The average molecular weight is 281 g/mol. The van der Waals surface area contributed by atoms with Crippen molar-refractivity contribution >= 4 is 27.9 Å². The van der Waals surface area contributed by atoms with E-state index in [1.807, 2.05) is 48.5 Å². The lowest BCUT2D eigenvalue weighted by Crippen LogP contribution is -1.99. The van der Waals surface area contributed by atoms with Crippen molar-refractivity contribution < 1.29 is 4.79 Å². The van der Waals surface area contributed by atoms with Gasteiger partial charge in [0.05, 0.1) is 0 Å². The maximum absolute atomic E-state index is 12.2. The molecule has 0 atom stereocenters. The Morgan fingerprint density at radius 2 is 1.55 bits per heavy atom. The zero-order valence-electron chi connectivity index (χ0n) is 10.5.